The third-order valence-corrected chi connectivity index (χ3v) is 4.48. The van der Waals surface area contributed by atoms with Gasteiger partial charge in [0, 0.05) is 43.1 Å². The zero-order chi connectivity index (χ0) is 19.6. The van der Waals surface area contributed by atoms with E-state index in [2.05, 4.69) is 89.1 Å². The van der Waals surface area contributed by atoms with Gasteiger partial charge >= 0.3 is 0 Å². The molecule has 0 fully saturated rings. The molecule has 3 N–H and O–H groups in total. The van der Waals surface area contributed by atoms with Gasteiger partial charge in [-0.15, -0.1) is 10.2 Å². The SMILES string of the molecule is CCC(CNc1cnnnc1Nc1cccc(N(CC)CC)c1)NC(C)C. The second-order valence-electron chi connectivity index (χ2n) is 6.85. The second-order valence-corrected chi connectivity index (χ2v) is 6.85. The Bertz CT molecular complexity index is 686. The van der Waals surface area contributed by atoms with Crippen molar-refractivity contribution >= 4 is 22.9 Å². The van der Waals surface area contributed by atoms with Crippen LogP contribution in [-0.2, 0) is 0 Å². The lowest BCUT2D eigenvalue weighted by molar-refractivity contribution is 0.466. The van der Waals surface area contributed by atoms with Crippen molar-refractivity contribution in [2.45, 2.75) is 53.1 Å². The maximum Gasteiger partial charge on any atom is 0.179 e. The molecule has 1 aromatic carbocycles. The highest BCUT2D eigenvalue weighted by Gasteiger charge is 2.11. The largest absolute Gasteiger partial charge is 0.379 e. The average Bonchev–Trinajstić information content (AvgIpc) is 2.67. The third-order valence-electron chi connectivity index (χ3n) is 4.48. The van der Waals surface area contributed by atoms with Crippen molar-refractivity contribution < 1.29 is 0 Å². The van der Waals surface area contributed by atoms with Gasteiger partial charge in [-0.3, -0.25) is 0 Å². The lowest BCUT2D eigenvalue weighted by atomic mass is 10.2. The highest BCUT2D eigenvalue weighted by Crippen LogP contribution is 2.25. The van der Waals surface area contributed by atoms with Crippen LogP contribution in [0.5, 0.6) is 0 Å². The zero-order valence-electron chi connectivity index (χ0n) is 17.2. The van der Waals surface area contributed by atoms with Crippen molar-refractivity contribution in [3.05, 3.63) is 30.5 Å². The highest BCUT2D eigenvalue weighted by molar-refractivity contribution is 5.71. The van der Waals surface area contributed by atoms with Crippen LogP contribution in [0.4, 0.5) is 22.9 Å². The van der Waals surface area contributed by atoms with E-state index in [1.54, 1.807) is 6.20 Å². The van der Waals surface area contributed by atoms with Crippen LogP contribution < -0.4 is 20.9 Å². The fourth-order valence-electron chi connectivity index (χ4n) is 3.02. The first kappa shape index (κ1) is 20.9. The molecule has 0 aliphatic heterocycles. The molecule has 1 unspecified atom stereocenters. The van der Waals surface area contributed by atoms with Gasteiger partial charge < -0.3 is 20.9 Å². The summed E-state index contributed by atoms with van der Waals surface area (Å²) < 4.78 is 0. The predicted octanol–water partition coefficient (Wildman–Crippen LogP) is 3.65. The first-order valence-corrected chi connectivity index (χ1v) is 9.87. The van der Waals surface area contributed by atoms with E-state index in [-0.39, 0.29) is 0 Å². The lowest BCUT2D eigenvalue weighted by Gasteiger charge is -2.22. The van der Waals surface area contributed by atoms with E-state index in [4.69, 9.17) is 0 Å². The summed E-state index contributed by atoms with van der Waals surface area (Å²) in [6, 6.07) is 9.18. The Morgan fingerprint density at radius 1 is 1.11 bits per heavy atom. The second kappa shape index (κ2) is 10.7. The molecule has 0 radical (unpaired) electrons. The highest BCUT2D eigenvalue weighted by atomic mass is 15.3. The van der Waals surface area contributed by atoms with Crippen LogP contribution in [0.15, 0.2) is 30.5 Å². The lowest BCUT2D eigenvalue weighted by Crippen LogP contribution is -2.39. The number of aromatic nitrogens is 3. The fourth-order valence-corrected chi connectivity index (χ4v) is 3.02. The molecule has 0 spiro atoms. The first-order valence-electron chi connectivity index (χ1n) is 9.87. The molecule has 1 atom stereocenters. The molecule has 0 saturated heterocycles. The van der Waals surface area contributed by atoms with Gasteiger partial charge in [0.1, 0.15) is 0 Å². The first-order chi connectivity index (χ1) is 13.1. The van der Waals surface area contributed by atoms with E-state index in [0.717, 1.165) is 37.4 Å². The minimum absolute atomic E-state index is 0.386. The molecule has 1 aromatic heterocycles. The molecule has 0 bridgehead atoms. The van der Waals surface area contributed by atoms with Crippen LogP contribution in [0.2, 0.25) is 0 Å². The van der Waals surface area contributed by atoms with Crippen molar-refractivity contribution in [2.75, 3.05) is 35.2 Å². The molecular weight excluding hydrogens is 338 g/mol. The van der Waals surface area contributed by atoms with Crippen molar-refractivity contribution in [3.8, 4) is 0 Å². The van der Waals surface area contributed by atoms with Gasteiger partial charge in [0.25, 0.3) is 0 Å². The summed E-state index contributed by atoms with van der Waals surface area (Å²) >= 11 is 0. The number of rotatable bonds is 11. The molecule has 2 aromatic rings. The Kier molecular flexibility index (Phi) is 8.26. The van der Waals surface area contributed by atoms with Crippen molar-refractivity contribution in [1.82, 2.24) is 20.7 Å². The Labute approximate surface area is 163 Å². The molecule has 148 valence electrons. The number of nitrogens with one attached hydrogen (secondary N) is 3. The van der Waals surface area contributed by atoms with Gasteiger partial charge in [0.2, 0.25) is 0 Å². The van der Waals surface area contributed by atoms with Crippen LogP contribution in [0.25, 0.3) is 0 Å². The smallest absolute Gasteiger partial charge is 0.179 e. The average molecular weight is 372 g/mol. The minimum Gasteiger partial charge on any atom is -0.379 e. The summed E-state index contributed by atoms with van der Waals surface area (Å²) in [6.07, 6.45) is 2.76. The summed E-state index contributed by atoms with van der Waals surface area (Å²) in [4.78, 5) is 2.31. The number of benzene rings is 1. The third kappa shape index (κ3) is 6.36. The molecule has 0 aliphatic rings. The Morgan fingerprint density at radius 3 is 2.56 bits per heavy atom. The van der Waals surface area contributed by atoms with Crippen molar-refractivity contribution in [2.24, 2.45) is 0 Å². The summed E-state index contributed by atoms with van der Waals surface area (Å²) in [7, 11) is 0. The van der Waals surface area contributed by atoms with Gasteiger partial charge in [-0.1, -0.05) is 26.8 Å². The van der Waals surface area contributed by atoms with E-state index in [0.29, 0.717) is 17.9 Å². The van der Waals surface area contributed by atoms with E-state index < -0.39 is 0 Å². The number of hydrogen-bond donors (Lipinski definition) is 3. The molecular formula is C20H33N7. The molecule has 7 nitrogen and oxygen atoms in total. The summed E-state index contributed by atoms with van der Waals surface area (Å²) in [5.74, 6) is 0.682. The van der Waals surface area contributed by atoms with Crippen LogP contribution in [0, 0.1) is 0 Å². The van der Waals surface area contributed by atoms with Crippen LogP contribution in [0.1, 0.15) is 41.0 Å². The summed E-state index contributed by atoms with van der Waals surface area (Å²) in [5.41, 5.74) is 3.02. The number of nitrogens with zero attached hydrogens (tertiary/aromatic N) is 4. The Morgan fingerprint density at radius 2 is 1.89 bits per heavy atom. The van der Waals surface area contributed by atoms with E-state index in [1.807, 2.05) is 6.07 Å². The molecule has 27 heavy (non-hydrogen) atoms. The monoisotopic (exact) mass is 371 g/mol. The predicted molar refractivity (Wildman–Crippen MR) is 114 cm³/mol. The summed E-state index contributed by atoms with van der Waals surface area (Å²) in [5, 5.41) is 22.3. The number of hydrogen-bond acceptors (Lipinski definition) is 7. The van der Waals surface area contributed by atoms with Crippen LogP contribution in [0.3, 0.4) is 0 Å². The minimum atomic E-state index is 0.386. The summed E-state index contributed by atoms with van der Waals surface area (Å²) in [6.45, 7) is 13.6. The Hall–Kier alpha value is -2.41. The van der Waals surface area contributed by atoms with E-state index >= 15 is 0 Å². The van der Waals surface area contributed by atoms with Gasteiger partial charge in [-0.2, -0.15) is 0 Å². The van der Waals surface area contributed by atoms with Gasteiger partial charge in [0.15, 0.2) is 5.82 Å². The van der Waals surface area contributed by atoms with Gasteiger partial charge in [0.05, 0.1) is 11.9 Å². The quantitative estimate of drug-likeness (QED) is 0.556. The van der Waals surface area contributed by atoms with Crippen LogP contribution >= 0.6 is 0 Å². The van der Waals surface area contributed by atoms with Crippen LogP contribution in [-0.4, -0.2) is 47.1 Å². The maximum absolute atomic E-state index is 4.18. The van der Waals surface area contributed by atoms with Gasteiger partial charge in [-0.25, -0.2) is 0 Å². The van der Waals surface area contributed by atoms with E-state index in [1.165, 1.54) is 5.69 Å². The van der Waals surface area contributed by atoms with Crippen molar-refractivity contribution in [1.29, 1.82) is 0 Å². The Balaban J connectivity index is 2.10. The number of anilines is 4. The molecule has 1 heterocycles. The molecule has 0 amide bonds. The molecule has 2 rings (SSSR count). The standard InChI is InChI=1S/C20H33N7/c1-6-16(23-15(4)5)13-21-19-14-22-26-25-20(19)24-17-10-9-11-18(12-17)27(7-2)8-3/h9-12,14-16,23H,6-8,13H2,1-5H3,(H,21,26)(H,22,24,25). The normalized spacial score (nSPS) is 12.1. The van der Waals surface area contributed by atoms with Gasteiger partial charge in [-0.05, 0) is 43.7 Å². The molecule has 7 heteroatoms. The molecule has 0 aliphatic carbocycles. The topological polar surface area (TPSA) is 78.0 Å². The molecule has 0 saturated carbocycles. The van der Waals surface area contributed by atoms with E-state index in [9.17, 15) is 0 Å². The fraction of sp³-hybridized carbons (Fsp3) is 0.550. The maximum atomic E-state index is 4.18. The zero-order valence-corrected chi connectivity index (χ0v) is 17.2. The van der Waals surface area contributed by atoms with Crippen molar-refractivity contribution in [3.63, 3.8) is 0 Å².